The first-order valence-electron chi connectivity index (χ1n) is 7.84. The molecule has 0 aromatic heterocycles. The molecule has 1 fully saturated rings. The maximum atomic E-state index is 12.1. The van der Waals surface area contributed by atoms with E-state index >= 15 is 0 Å². The second-order valence-electron chi connectivity index (χ2n) is 6.17. The summed E-state index contributed by atoms with van der Waals surface area (Å²) in [6, 6.07) is 8.31. The van der Waals surface area contributed by atoms with Crippen molar-refractivity contribution in [1.82, 2.24) is 15.5 Å². The molecule has 1 aliphatic rings. The number of carbonyl (C=O) groups is 2. The van der Waals surface area contributed by atoms with Gasteiger partial charge >= 0.3 is 0 Å². The number of nitrogens with one attached hydrogen (secondary N) is 2. The molecule has 0 radical (unpaired) electrons. The van der Waals surface area contributed by atoms with E-state index in [0.717, 1.165) is 12.1 Å². The lowest BCUT2D eigenvalue weighted by molar-refractivity contribution is -0.127. The van der Waals surface area contributed by atoms with Crippen LogP contribution >= 0.6 is 0 Å². The molecular formula is C17H25N3O2. The second kappa shape index (κ2) is 7.40. The Kier molecular flexibility index (Phi) is 5.55. The van der Waals surface area contributed by atoms with Crippen LogP contribution in [-0.4, -0.2) is 42.9 Å². The van der Waals surface area contributed by atoms with Crippen LogP contribution < -0.4 is 10.6 Å². The first kappa shape index (κ1) is 16.5. The highest BCUT2D eigenvalue weighted by Crippen LogP contribution is 2.18. The van der Waals surface area contributed by atoms with E-state index in [9.17, 15) is 9.59 Å². The van der Waals surface area contributed by atoms with Gasteiger partial charge in [-0.25, -0.2) is 0 Å². The van der Waals surface area contributed by atoms with Gasteiger partial charge in [-0.1, -0.05) is 38.1 Å². The zero-order valence-corrected chi connectivity index (χ0v) is 13.6. The van der Waals surface area contributed by atoms with Gasteiger partial charge in [-0.3, -0.25) is 14.5 Å². The minimum atomic E-state index is -0.0462. The molecule has 1 heterocycles. The molecular weight excluding hydrogens is 278 g/mol. The molecule has 1 aromatic rings. The Morgan fingerprint density at radius 2 is 1.86 bits per heavy atom. The predicted molar refractivity (Wildman–Crippen MR) is 86.5 cm³/mol. The molecule has 1 saturated heterocycles. The third kappa shape index (κ3) is 4.56. The van der Waals surface area contributed by atoms with Gasteiger partial charge in [0.15, 0.2) is 0 Å². The van der Waals surface area contributed by atoms with Gasteiger partial charge in [0.1, 0.15) is 0 Å². The second-order valence-corrected chi connectivity index (χ2v) is 6.17. The summed E-state index contributed by atoms with van der Waals surface area (Å²) in [6.45, 7) is 8.19. The number of rotatable bonds is 5. The van der Waals surface area contributed by atoms with Crippen LogP contribution in [0.4, 0.5) is 0 Å². The van der Waals surface area contributed by atoms with Gasteiger partial charge in [0, 0.05) is 13.1 Å². The van der Waals surface area contributed by atoms with Crippen molar-refractivity contribution in [3.05, 3.63) is 35.4 Å². The van der Waals surface area contributed by atoms with Crippen molar-refractivity contribution in [2.75, 3.05) is 26.2 Å². The summed E-state index contributed by atoms with van der Waals surface area (Å²) in [6.07, 6.45) is 0. The number of benzene rings is 1. The van der Waals surface area contributed by atoms with Crippen LogP contribution in [0.2, 0.25) is 0 Å². The Bertz CT molecular complexity index is 525. The summed E-state index contributed by atoms with van der Waals surface area (Å²) in [5.74, 6) is 0.440. The Balaban J connectivity index is 1.86. The van der Waals surface area contributed by atoms with Gasteiger partial charge in [0.2, 0.25) is 11.8 Å². The first-order chi connectivity index (χ1) is 10.5. The van der Waals surface area contributed by atoms with Gasteiger partial charge in [-0.15, -0.1) is 0 Å². The summed E-state index contributed by atoms with van der Waals surface area (Å²) in [7, 11) is 0. The predicted octanol–water partition coefficient (Wildman–Crippen LogP) is 1.42. The van der Waals surface area contributed by atoms with Crippen molar-refractivity contribution < 1.29 is 9.59 Å². The molecule has 1 aromatic carbocycles. The standard InChI is InChI=1S/C17H25N3O2/c1-12(2)14-4-6-15(7-5-14)13(3)19-17(22)11-20-9-8-18-16(21)10-20/h4-7,12-13H,8-11H2,1-3H3,(H,18,21)(H,19,22). The molecule has 2 rings (SSSR count). The average Bonchev–Trinajstić information content (AvgIpc) is 2.47. The molecule has 120 valence electrons. The van der Waals surface area contributed by atoms with Gasteiger partial charge in [-0.2, -0.15) is 0 Å². The van der Waals surface area contributed by atoms with E-state index < -0.39 is 0 Å². The monoisotopic (exact) mass is 303 g/mol. The molecule has 0 spiro atoms. The lowest BCUT2D eigenvalue weighted by atomic mass is 9.99. The fraction of sp³-hybridized carbons (Fsp3) is 0.529. The Hall–Kier alpha value is -1.88. The van der Waals surface area contributed by atoms with E-state index in [1.165, 1.54) is 5.56 Å². The SMILES string of the molecule is CC(C)c1ccc(C(C)NC(=O)CN2CCNC(=O)C2)cc1. The van der Waals surface area contributed by atoms with Crippen molar-refractivity contribution in [1.29, 1.82) is 0 Å². The van der Waals surface area contributed by atoms with E-state index in [0.29, 0.717) is 19.0 Å². The number of hydrogen-bond acceptors (Lipinski definition) is 3. The summed E-state index contributed by atoms with van der Waals surface area (Å²) in [4.78, 5) is 25.3. The van der Waals surface area contributed by atoms with Crippen LogP contribution in [0, 0.1) is 0 Å². The minimum absolute atomic E-state index is 0.0172. The third-order valence-corrected chi connectivity index (χ3v) is 3.97. The molecule has 1 aliphatic heterocycles. The molecule has 22 heavy (non-hydrogen) atoms. The van der Waals surface area contributed by atoms with E-state index in [4.69, 9.17) is 0 Å². The Labute approximate surface area is 132 Å². The highest BCUT2D eigenvalue weighted by molar-refractivity contribution is 5.82. The summed E-state index contributed by atoms with van der Waals surface area (Å²) < 4.78 is 0. The van der Waals surface area contributed by atoms with Crippen LogP contribution in [-0.2, 0) is 9.59 Å². The smallest absolute Gasteiger partial charge is 0.234 e. The van der Waals surface area contributed by atoms with Crippen molar-refractivity contribution in [3.8, 4) is 0 Å². The quantitative estimate of drug-likeness (QED) is 0.865. The highest BCUT2D eigenvalue weighted by Gasteiger charge is 2.19. The largest absolute Gasteiger partial charge is 0.354 e. The van der Waals surface area contributed by atoms with Crippen LogP contribution in [0.25, 0.3) is 0 Å². The first-order valence-corrected chi connectivity index (χ1v) is 7.84. The summed E-state index contributed by atoms with van der Waals surface area (Å²) >= 11 is 0. The Morgan fingerprint density at radius 3 is 2.45 bits per heavy atom. The molecule has 5 nitrogen and oxygen atoms in total. The van der Waals surface area contributed by atoms with Gasteiger partial charge < -0.3 is 10.6 Å². The summed E-state index contributed by atoms with van der Waals surface area (Å²) in [5, 5.41) is 5.75. The summed E-state index contributed by atoms with van der Waals surface area (Å²) in [5.41, 5.74) is 2.38. The zero-order valence-electron chi connectivity index (χ0n) is 13.6. The Morgan fingerprint density at radius 1 is 1.23 bits per heavy atom. The molecule has 1 atom stereocenters. The maximum Gasteiger partial charge on any atom is 0.234 e. The van der Waals surface area contributed by atoms with Gasteiger partial charge in [-0.05, 0) is 24.0 Å². The van der Waals surface area contributed by atoms with Crippen molar-refractivity contribution in [2.45, 2.75) is 32.7 Å². The van der Waals surface area contributed by atoms with Crippen LogP contribution in [0.1, 0.15) is 43.9 Å². The normalized spacial score (nSPS) is 17.2. The van der Waals surface area contributed by atoms with Crippen LogP contribution in [0.3, 0.4) is 0 Å². The molecule has 5 heteroatoms. The zero-order chi connectivity index (χ0) is 16.1. The van der Waals surface area contributed by atoms with Crippen LogP contribution in [0.15, 0.2) is 24.3 Å². The fourth-order valence-corrected chi connectivity index (χ4v) is 2.57. The van der Waals surface area contributed by atoms with E-state index in [-0.39, 0.29) is 24.4 Å². The maximum absolute atomic E-state index is 12.1. The van der Waals surface area contributed by atoms with Gasteiger partial charge in [0.05, 0.1) is 19.1 Å². The van der Waals surface area contributed by atoms with Crippen molar-refractivity contribution >= 4 is 11.8 Å². The lowest BCUT2D eigenvalue weighted by Gasteiger charge is -2.26. The molecule has 1 unspecified atom stereocenters. The molecule has 0 saturated carbocycles. The lowest BCUT2D eigenvalue weighted by Crippen LogP contribution is -2.50. The van der Waals surface area contributed by atoms with E-state index in [1.54, 1.807) is 0 Å². The van der Waals surface area contributed by atoms with Crippen LogP contribution in [0.5, 0.6) is 0 Å². The van der Waals surface area contributed by atoms with Gasteiger partial charge in [0.25, 0.3) is 0 Å². The topological polar surface area (TPSA) is 61.4 Å². The molecule has 0 bridgehead atoms. The highest BCUT2D eigenvalue weighted by atomic mass is 16.2. The molecule has 0 aliphatic carbocycles. The third-order valence-electron chi connectivity index (χ3n) is 3.97. The number of carbonyl (C=O) groups excluding carboxylic acids is 2. The van der Waals surface area contributed by atoms with E-state index in [1.807, 2.05) is 11.8 Å². The molecule has 2 N–H and O–H groups in total. The van der Waals surface area contributed by atoms with Crippen molar-refractivity contribution in [2.24, 2.45) is 0 Å². The number of nitrogens with zero attached hydrogens (tertiary/aromatic N) is 1. The average molecular weight is 303 g/mol. The fourth-order valence-electron chi connectivity index (χ4n) is 2.57. The number of piperazine rings is 1. The van der Waals surface area contributed by atoms with E-state index in [2.05, 4.69) is 48.7 Å². The number of amides is 2. The number of hydrogen-bond donors (Lipinski definition) is 2. The molecule has 2 amide bonds. The minimum Gasteiger partial charge on any atom is -0.354 e. The van der Waals surface area contributed by atoms with Crippen molar-refractivity contribution in [3.63, 3.8) is 0 Å².